The summed E-state index contributed by atoms with van der Waals surface area (Å²) in [5, 5.41) is 15.5. The lowest BCUT2D eigenvalue weighted by atomic mass is 9.78. The molecule has 0 aromatic heterocycles. The molecule has 2 fully saturated rings. The van der Waals surface area contributed by atoms with Crippen molar-refractivity contribution in [2.75, 3.05) is 33.4 Å². The maximum atomic E-state index is 12.4. The van der Waals surface area contributed by atoms with Crippen LogP contribution in [0.4, 0.5) is 0 Å². The van der Waals surface area contributed by atoms with Gasteiger partial charge < -0.3 is 20.5 Å². The number of ether oxygens (including phenoxy) is 1. The quantitative estimate of drug-likeness (QED) is 0.616. The molecular formula is C12H22N2O3. The first-order chi connectivity index (χ1) is 8.16. The van der Waals surface area contributed by atoms with E-state index >= 15 is 0 Å². The Morgan fingerprint density at radius 2 is 2.00 bits per heavy atom. The third-order valence-electron chi connectivity index (χ3n) is 4.00. The van der Waals surface area contributed by atoms with Crippen LogP contribution in [0.2, 0.25) is 0 Å². The molecule has 0 atom stereocenters. The summed E-state index contributed by atoms with van der Waals surface area (Å²) >= 11 is 0. The fraction of sp³-hybridized carbons (Fsp3) is 0.917. The smallest absolute Gasteiger partial charge is 0.229 e. The van der Waals surface area contributed by atoms with E-state index in [0.29, 0.717) is 6.61 Å². The van der Waals surface area contributed by atoms with E-state index in [1.165, 1.54) is 0 Å². The number of aliphatic hydroxyl groups excluding tert-OH is 1. The molecule has 1 saturated carbocycles. The zero-order valence-corrected chi connectivity index (χ0v) is 10.4. The fourth-order valence-electron chi connectivity index (χ4n) is 2.47. The van der Waals surface area contributed by atoms with Crippen molar-refractivity contribution in [3.05, 3.63) is 0 Å². The Morgan fingerprint density at radius 3 is 2.47 bits per heavy atom. The summed E-state index contributed by atoms with van der Waals surface area (Å²) in [5.74, 6) is 0.0485. The molecule has 0 unspecified atom stereocenters. The molecule has 0 spiro atoms. The van der Waals surface area contributed by atoms with Crippen LogP contribution in [0.1, 0.15) is 25.7 Å². The zero-order chi connectivity index (χ0) is 12.4. The second-order valence-corrected chi connectivity index (χ2v) is 5.36. The number of carbonyl (C=O) groups excluding carboxylic acids is 1. The molecule has 0 radical (unpaired) electrons. The number of nitrogens with one attached hydrogen (secondary N) is 2. The molecule has 98 valence electrons. The molecule has 1 amide bonds. The van der Waals surface area contributed by atoms with Crippen LogP contribution in [-0.4, -0.2) is 50.0 Å². The topological polar surface area (TPSA) is 70.6 Å². The molecule has 3 N–H and O–H groups in total. The molecule has 17 heavy (non-hydrogen) atoms. The van der Waals surface area contributed by atoms with E-state index in [9.17, 15) is 9.90 Å². The van der Waals surface area contributed by atoms with Gasteiger partial charge in [-0.1, -0.05) is 0 Å². The number of hydrogen-bond donors (Lipinski definition) is 3. The largest absolute Gasteiger partial charge is 0.394 e. The van der Waals surface area contributed by atoms with E-state index < -0.39 is 5.41 Å². The first kappa shape index (κ1) is 12.8. The molecule has 1 aliphatic heterocycles. The Balaban J connectivity index is 2.02. The summed E-state index contributed by atoms with van der Waals surface area (Å²) in [6, 6.07) is 0. The van der Waals surface area contributed by atoms with Crippen molar-refractivity contribution < 1.29 is 14.6 Å². The molecule has 1 saturated heterocycles. The van der Waals surface area contributed by atoms with Gasteiger partial charge in [0, 0.05) is 7.11 Å². The number of piperidine rings is 1. The van der Waals surface area contributed by atoms with Crippen LogP contribution in [0.3, 0.4) is 0 Å². The highest BCUT2D eigenvalue weighted by Gasteiger charge is 2.48. The van der Waals surface area contributed by atoms with Crippen LogP contribution in [0.5, 0.6) is 0 Å². The standard InChI is InChI=1S/C12H22N2O3/c1-17-9-11(4-6-13-7-5-11)10(16)14-12(8-15)2-3-12/h13,15H,2-9H2,1H3,(H,14,16). The molecule has 5 heteroatoms. The molecule has 1 aliphatic carbocycles. The summed E-state index contributed by atoms with van der Waals surface area (Å²) in [4.78, 5) is 12.4. The molecule has 2 aliphatic rings. The Labute approximate surface area is 102 Å². The molecule has 0 aromatic rings. The number of aliphatic hydroxyl groups is 1. The number of rotatable bonds is 5. The van der Waals surface area contributed by atoms with Gasteiger partial charge in [0.15, 0.2) is 0 Å². The van der Waals surface area contributed by atoms with Gasteiger partial charge in [-0.25, -0.2) is 0 Å². The minimum absolute atomic E-state index is 0.0417. The zero-order valence-electron chi connectivity index (χ0n) is 10.4. The van der Waals surface area contributed by atoms with Gasteiger partial charge >= 0.3 is 0 Å². The van der Waals surface area contributed by atoms with Gasteiger partial charge in [0.1, 0.15) is 0 Å². The second-order valence-electron chi connectivity index (χ2n) is 5.36. The molecule has 2 rings (SSSR count). The molecule has 0 aromatic carbocycles. The number of carbonyl (C=O) groups is 1. The molecule has 0 bridgehead atoms. The lowest BCUT2D eigenvalue weighted by molar-refractivity contribution is -0.137. The SMILES string of the molecule is COCC1(C(=O)NC2(CO)CC2)CCNCC1. The molecular weight excluding hydrogens is 220 g/mol. The van der Waals surface area contributed by atoms with Crippen LogP contribution in [0.15, 0.2) is 0 Å². The van der Waals surface area contributed by atoms with E-state index in [1.807, 2.05) is 0 Å². The minimum Gasteiger partial charge on any atom is -0.394 e. The van der Waals surface area contributed by atoms with Crippen LogP contribution in [-0.2, 0) is 9.53 Å². The van der Waals surface area contributed by atoms with E-state index in [4.69, 9.17) is 4.74 Å². The van der Waals surface area contributed by atoms with E-state index in [1.54, 1.807) is 7.11 Å². The van der Waals surface area contributed by atoms with E-state index in [-0.39, 0.29) is 18.1 Å². The summed E-state index contributed by atoms with van der Waals surface area (Å²) in [6.45, 7) is 2.20. The first-order valence-corrected chi connectivity index (χ1v) is 6.30. The van der Waals surface area contributed by atoms with E-state index in [2.05, 4.69) is 10.6 Å². The highest BCUT2D eigenvalue weighted by atomic mass is 16.5. The molecule has 5 nitrogen and oxygen atoms in total. The van der Waals surface area contributed by atoms with E-state index in [0.717, 1.165) is 38.8 Å². The lowest BCUT2D eigenvalue weighted by Crippen LogP contribution is -2.54. The molecule has 1 heterocycles. The maximum absolute atomic E-state index is 12.4. The van der Waals surface area contributed by atoms with Gasteiger partial charge in [0.25, 0.3) is 0 Å². The second kappa shape index (κ2) is 4.92. The highest BCUT2D eigenvalue weighted by molar-refractivity contribution is 5.84. The third kappa shape index (κ3) is 2.61. The van der Waals surface area contributed by atoms with Gasteiger partial charge in [-0.05, 0) is 38.8 Å². The van der Waals surface area contributed by atoms with Gasteiger partial charge in [-0.2, -0.15) is 0 Å². The Morgan fingerprint density at radius 1 is 1.35 bits per heavy atom. The van der Waals surface area contributed by atoms with Crippen molar-refractivity contribution in [1.29, 1.82) is 0 Å². The van der Waals surface area contributed by atoms with Crippen molar-refractivity contribution in [3.8, 4) is 0 Å². The lowest BCUT2D eigenvalue weighted by Gasteiger charge is -2.36. The van der Waals surface area contributed by atoms with Crippen LogP contribution >= 0.6 is 0 Å². The maximum Gasteiger partial charge on any atom is 0.229 e. The van der Waals surface area contributed by atoms with Crippen molar-refractivity contribution in [3.63, 3.8) is 0 Å². The number of hydrogen-bond acceptors (Lipinski definition) is 4. The first-order valence-electron chi connectivity index (χ1n) is 6.30. The van der Waals surface area contributed by atoms with Crippen LogP contribution in [0, 0.1) is 5.41 Å². The summed E-state index contributed by atoms with van der Waals surface area (Å²) in [7, 11) is 1.63. The van der Waals surface area contributed by atoms with Crippen molar-refractivity contribution in [2.24, 2.45) is 5.41 Å². The summed E-state index contributed by atoms with van der Waals surface area (Å²) in [5.41, 5.74) is -0.743. The highest BCUT2D eigenvalue weighted by Crippen LogP contribution is 2.37. The predicted octanol–water partition coefficient (Wildman–Crippen LogP) is -0.356. The van der Waals surface area contributed by atoms with Crippen molar-refractivity contribution in [2.45, 2.75) is 31.2 Å². The number of methoxy groups -OCH3 is 1. The average molecular weight is 242 g/mol. The monoisotopic (exact) mass is 242 g/mol. The van der Waals surface area contributed by atoms with Gasteiger partial charge in [-0.3, -0.25) is 4.79 Å². The Kier molecular flexibility index (Phi) is 3.70. The van der Waals surface area contributed by atoms with Crippen molar-refractivity contribution in [1.82, 2.24) is 10.6 Å². The Bertz CT molecular complexity index is 278. The van der Waals surface area contributed by atoms with Gasteiger partial charge in [0.05, 0.1) is 24.2 Å². The summed E-state index contributed by atoms with van der Waals surface area (Å²) in [6.07, 6.45) is 3.37. The van der Waals surface area contributed by atoms with Gasteiger partial charge in [-0.15, -0.1) is 0 Å². The normalized spacial score (nSPS) is 25.3. The fourth-order valence-corrected chi connectivity index (χ4v) is 2.47. The van der Waals surface area contributed by atoms with Gasteiger partial charge in [0.2, 0.25) is 5.91 Å². The number of amides is 1. The third-order valence-corrected chi connectivity index (χ3v) is 4.00. The summed E-state index contributed by atoms with van der Waals surface area (Å²) < 4.78 is 5.22. The average Bonchev–Trinajstić information content (AvgIpc) is 3.11. The predicted molar refractivity (Wildman–Crippen MR) is 63.6 cm³/mol. The van der Waals surface area contributed by atoms with Crippen LogP contribution < -0.4 is 10.6 Å². The minimum atomic E-state index is -0.412. The van der Waals surface area contributed by atoms with Crippen LogP contribution in [0.25, 0.3) is 0 Å². The Hall–Kier alpha value is -0.650. The van der Waals surface area contributed by atoms with Crippen molar-refractivity contribution >= 4 is 5.91 Å².